The first kappa shape index (κ1) is 14.8. The van der Waals surface area contributed by atoms with E-state index in [2.05, 4.69) is 16.6 Å². The van der Waals surface area contributed by atoms with Crippen LogP contribution in [0.2, 0.25) is 0 Å². The van der Waals surface area contributed by atoms with Gasteiger partial charge in [-0.25, -0.2) is 9.59 Å². The molecule has 0 aliphatic heterocycles. The fourth-order valence-corrected chi connectivity index (χ4v) is 1.05. The minimum Gasteiger partial charge on any atom is -0.480 e. The van der Waals surface area contributed by atoms with Gasteiger partial charge >= 0.3 is 12.0 Å². The van der Waals surface area contributed by atoms with Gasteiger partial charge in [-0.15, -0.1) is 12.3 Å². The number of amides is 3. The summed E-state index contributed by atoms with van der Waals surface area (Å²) >= 11 is 0. The van der Waals surface area contributed by atoms with Crippen molar-refractivity contribution in [1.82, 2.24) is 10.6 Å². The summed E-state index contributed by atoms with van der Waals surface area (Å²) < 4.78 is 0. The Balaban J connectivity index is 4.27. The number of carbonyl (C=O) groups excluding carboxylic acids is 2. The van der Waals surface area contributed by atoms with Crippen molar-refractivity contribution in [2.45, 2.75) is 31.8 Å². The van der Waals surface area contributed by atoms with Crippen LogP contribution in [-0.4, -0.2) is 35.1 Å². The highest BCUT2D eigenvalue weighted by molar-refractivity contribution is 5.87. The summed E-state index contributed by atoms with van der Waals surface area (Å²) in [6.45, 7) is 1.67. The zero-order valence-corrected chi connectivity index (χ0v) is 9.40. The first-order valence-corrected chi connectivity index (χ1v) is 4.88. The fraction of sp³-hybridized carbons (Fsp3) is 0.500. The second-order valence-electron chi connectivity index (χ2n) is 3.49. The minimum atomic E-state index is -1.34. The lowest BCUT2D eigenvalue weighted by atomic mass is 10.2. The average molecular weight is 241 g/mol. The second-order valence-corrected chi connectivity index (χ2v) is 3.49. The van der Waals surface area contributed by atoms with Crippen molar-refractivity contribution >= 4 is 17.9 Å². The molecule has 0 aromatic carbocycles. The highest BCUT2D eigenvalue weighted by atomic mass is 16.4. The fourth-order valence-electron chi connectivity index (χ4n) is 1.05. The molecule has 2 unspecified atom stereocenters. The number of nitrogens with one attached hydrogen (secondary N) is 2. The van der Waals surface area contributed by atoms with Crippen molar-refractivity contribution in [2.24, 2.45) is 5.73 Å². The molecule has 0 radical (unpaired) electrons. The summed E-state index contributed by atoms with van der Waals surface area (Å²) in [5, 5.41) is 13.3. The lowest BCUT2D eigenvalue weighted by molar-refractivity contribution is -0.140. The lowest BCUT2D eigenvalue weighted by Gasteiger charge is -2.16. The summed E-state index contributed by atoms with van der Waals surface area (Å²) in [6, 6.07) is -2.34. The third-order valence-corrected chi connectivity index (χ3v) is 1.81. The number of carboxylic acids is 1. The smallest absolute Gasteiger partial charge is 0.326 e. The van der Waals surface area contributed by atoms with E-state index in [1.807, 2.05) is 0 Å². The van der Waals surface area contributed by atoms with E-state index in [4.69, 9.17) is 17.3 Å². The SMILES string of the molecule is C#CCC(C)NC(=O)NC(CC(N)=O)C(=O)O. The van der Waals surface area contributed by atoms with Gasteiger partial charge in [0, 0.05) is 12.5 Å². The third-order valence-electron chi connectivity index (χ3n) is 1.81. The molecule has 0 aliphatic carbocycles. The zero-order valence-electron chi connectivity index (χ0n) is 9.40. The van der Waals surface area contributed by atoms with Crippen LogP contribution in [-0.2, 0) is 9.59 Å². The van der Waals surface area contributed by atoms with Crippen LogP contribution >= 0.6 is 0 Å². The first-order valence-electron chi connectivity index (χ1n) is 4.88. The van der Waals surface area contributed by atoms with Crippen LogP contribution in [0.3, 0.4) is 0 Å². The van der Waals surface area contributed by atoms with E-state index in [9.17, 15) is 14.4 Å². The Morgan fingerprint density at radius 1 is 1.41 bits per heavy atom. The molecular formula is C10H15N3O4. The Morgan fingerprint density at radius 3 is 2.41 bits per heavy atom. The minimum absolute atomic E-state index is 0.289. The number of hydrogen-bond donors (Lipinski definition) is 4. The summed E-state index contributed by atoms with van der Waals surface area (Å²) in [5.74, 6) is 0.207. The number of urea groups is 1. The predicted octanol–water partition coefficient (Wildman–Crippen LogP) is -0.974. The second kappa shape index (κ2) is 7.11. The summed E-state index contributed by atoms with van der Waals surface area (Å²) in [4.78, 5) is 32.6. The van der Waals surface area contributed by atoms with Crippen molar-refractivity contribution in [3.63, 3.8) is 0 Å². The van der Waals surface area contributed by atoms with Gasteiger partial charge in [0.15, 0.2) is 0 Å². The average Bonchev–Trinajstić information content (AvgIpc) is 2.15. The predicted molar refractivity (Wildman–Crippen MR) is 59.8 cm³/mol. The van der Waals surface area contributed by atoms with Crippen LogP contribution in [0.1, 0.15) is 19.8 Å². The van der Waals surface area contributed by atoms with Crippen molar-refractivity contribution in [3.8, 4) is 12.3 Å². The number of carbonyl (C=O) groups is 3. The van der Waals surface area contributed by atoms with Crippen molar-refractivity contribution in [2.75, 3.05) is 0 Å². The zero-order chi connectivity index (χ0) is 13.4. The number of aliphatic carboxylic acids is 1. The number of nitrogens with two attached hydrogens (primary N) is 1. The maximum atomic E-state index is 11.3. The molecule has 2 atom stereocenters. The van der Waals surface area contributed by atoms with Gasteiger partial charge in [0.25, 0.3) is 0 Å². The molecule has 0 aliphatic rings. The molecular weight excluding hydrogens is 226 g/mol. The highest BCUT2D eigenvalue weighted by Crippen LogP contribution is 1.93. The molecule has 0 rings (SSSR count). The molecule has 0 aromatic heterocycles. The lowest BCUT2D eigenvalue weighted by Crippen LogP contribution is -2.49. The molecule has 0 bridgehead atoms. The number of rotatable bonds is 6. The third kappa shape index (κ3) is 6.78. The normalized spacial score (nSPS) is 12.9. The maximum absolute atomic E-state index is 11.3. The summed E-state index contributed by atoms with van der Waals surface area (Å²) in [6.07, 6.45) is 4.90. The van der Waals surface area contributed by atoms with E-state index < -0.39 is 30.4 Å². The van der Waals surface area contributed by atoms with E-state index >= 15 is 0 Å². The van der Waals surface area contributed by atoms with E-state index in [0.29, 0.717) is 6.42 Å². The Bertz CT molecular complexity index is 348. The van der Waals surface area contributed by atoms with Gasteiger partial charge in [-0.2, -0.15) is 0 Å². The van der Waals surface area contributed by atoms with Crippen molar-refractivity contribution in [3.05, 3.63) is 0 Å². The molecule has 0 fully saturated rings. The van der Waals surface area contributed by atoms with Gasteiger partial charge in [-0.05, 0) is 6.92 Å². The molecule has 7 nitrogen and oxygen atoms in total. The van der Waals surface area contributed by atoms with E-state index in [1.165, 1.54) is 0 Å². The van der Waals surface area contributed by atoms with Gasteiger partial charge in [-0.3, -0.25) is 4.79 Å². The van der Waals surface area contributed by atoms with E-state index in [-0.39, 0.29) is 6.04 Å². The van der Waals surface area contributed by atoms with Crippen LogP contribution in [0.5, 0.6) is 0 Å². The van der Waals surface area contributed by atoms with Crippen LogP contribution in [0.15, 0.2) is 0 Å². The summed E-state index contributed by atoms with van der Waals surface area (Å²) in [5.41, 5.74) is 4.86. The highest BCUT2D eigenvalue weighted by Gasteiger charge is 2.22. The van der Waals surface area contributed by atoms with Crippen molar-refractivity contribution < 1.29 is 19.5 Å². The Labute approximate surface area is 98.7 Å². The first-order chi connectivity index (χ1) is 7.86. The van der Waals surface area contributed by atoms with E-state index in [0.717, 1.165) is 0 Å². The number of primary amides is 1. The summed E-state index contributed by atoms with van der Waals surface area (Å²) in [7, 11) is 0. The van der Waals surface area contributed by atoms with Gasteiger partial charge in [0.1, 0.15) is 6.04 Å². The molecule has 7 heteroatoms. The number of hydrogen-bond acceptors (Lipinski definition) is 3. The quantitative estimate of drug-likeness (QED) is 0.447. The molecule has 94 valence electrons. The monoisotopic (exact) mass is 241 g/mol. The van der Waals surface area contributed by atoms with Crippen molar-refractivity contribution in [1.29, 1.82) is 0 Å². The van der Waals surface area contributed by atoms with Crippen LogP contribution < -0.4 is 16.4 Å². The van der Waals surface area contributed by atoms with Crippen LogP contribution in [0, 0.1) is 12.3 Å². The molecule has 17 heavy (non-hydrogen) atoms. The van der Waals surface area contributed by atoms with Gasteiger partial charge in [0.05, 0.1) is 6.42 Å². The maximum Gasteiger partial charge on any atom is 0.326 e. The Morgan fingerprint density at radius 2 is 2.00 bits per heavy atom. The van der Waals surface area contributed by atoms with E-state index in [1.54, 1.807) is 6.92 Å². The van der Waals surface area contributed by atoms with Gasteiger partial charge in [-0.1, -0.05) is 0 Å². The molecule has 0 aromatic rings. The van der Waals surface area contributed by atoms with Gasteiger partial charge in [0.2, 0.25) is 5.91 Å². The molecule has 5 N–H and O–H groups in total. The molecule has 3 amide bonds. The Kier molecular flexibility index (Phi) is 6.18. The Hall–Kier alpha value is -2.23. The molecule has 0 saturated carbocycles. The van der Waals surface area contributed by atoms with Gasteiger partial charge < -0.3 is 21.5 Å². The molecule has 0 heterocycles. The van der Waals surface area contributed by atoms with Crippen LogP contribution in [0.25, 0.3) is 0 Å². The largest absolute Gasteiger partial charge is 0.480 e. The standard InChI is InChI=1S/C10H15N3O4/c1-3-4-6(2)12-10(17)13-7(9(15)16)5-8(11)14/h1,6-7H,4-5H2,2H3,(H2,11,14)(H,15,16)(H2,12,13,17). The molecule has 0 spiro atoms. The topological polar surface area (TPSA) is 122 Å². The van der Waals surface area contributed by atoms with Crippen LogP contribution in [0.4, 0.5) is 4.79 Å². The number of terminal acetylenes is 1. The number of carboxylic acid groups (broad SMARTS) is 1. The molecule has 0 saturated heterocycles.